The number of sulfonamides is 1. The summed E-state index contributed by atoms with van der Waals surface area (Å²) in [5.74, 6) is 0.891. The van der Waals surface area contributed by atoms with Crippen molar-refractivity contribution in [1.82, 2.24) is 9.71 Å². The van der Waals surface area contributed by atoms with Crippen molar-refractivity contribution in [2.45, 2.75) is 23.8 Å². The topological polar surface area (TPSA) is 80.8 Å². The molecule has 0 amide bonds. The van der Waals surface area contributed by atoms with Crippen molar-refractivity contribution in [3.63, 3.8) is 0 Å². The maximum atomic E-state index is 12.6. The molecule has 1 aromatic carbocycles. The molecule has 2 aromatic rings. The van der Waals surface area contributed by atoms with Gasteiger partial charge in [-0.3, -0.25) is 0 Å². The third kappa shape index (κ3) is 4.05. The minimum absolute atomic E-state index is 0.0886. The van der Waals surface area contributed by atoms with Crippen molar-refractivity contribution in [2.24, 2.45) is 0 Å². The van der Waals surface area contributed by atoms with Gasteiger partial charge < -0.3 is 14.4 Å². The lowest BCUT2D eigenvalue weighted by Gasteiger charge is -2.32. The Balaban J connectivity index is 1.66. The molecule has 9 heteroatoms. The van der Waals surface area contributed by atoms with E-state index >= 15 is 0 Å². The quantitative estimate of drug-likeness (QED) is 0.823. The molecule has 0 bridgehead atoms. The van der Waals surface area contributed by atoms with Crippen LogP contribution in [0.1, 0.15) is 12.8 Å². The molecule has 1 aliphatic rings. The molecule has 2 heterocycles. The lowest BCUT2D eigenvalue weighted by molar-refractivity contribution is 0.353. The van der Waals surface area contributed by atoms with Gasteiger partial charge in [-0.15, -0.1) is 11.3 Å². The number of ether oxygens (including phenoxy) is 2. The van der Waals surface area contributed by atoms with Gasteiger partial charge in [-0.2, -0.15) is 0 Å². The van der Waals surface area contributed by atoms with Gasteiger partial charge in [0.25, 0.3) is 0 Å². The van der Waals surface area contributed by atoms with Crippen LogP contribution < -0.4 is 19.1 Å². The number of hydrogen-bond acceptors (Lipinski definition) is 7. The monoisotopic (exact) mass is 383 g/mol. The zero-order valence-corrected chi connectivity index (χ0v) is 15.8. The third-order valence-electron chi connectivity index (χ3n) is 4.17. The number of nitrogens with zero attached hydrogens (tertiary/aromatic N) is 2. The molecule has 0 spiro atoms. The third-order valence-corrected chi connectivity index (χ3v) is 6.52. The number of piperidine rings is 1. The first-order chi connectivity index (χ1) is 12.0. The predicted molar refractivity (Wildman–Crippen MR) is 97.2 cm³/mol. The lowest BCUT2D eigenvalue weighted by atomic mass is 10.1. The predicted octanol–water partition coefficient (Wildman–Crippen LogP) is 2.11. The Bertz CT molecular complexity index is 801. The number of methoxy groups -OCH3 is 2. The smallest absolute Gasteiger partial charge is 0.240 e. The molecule has 1 aliphatic heterocycles. The van der Waals surface area contributed by atoms with Crippen LogP contribution in [0.5, 0.6) is 11.5 Å². The standard InChI is InChI=1S/C16H21N3O4S2/c1-22-14-4-3-13(11-15(14)23-2)25(20,21)18-12-5-8-19(9-6-12)16-17-7-10-24-16/h3-4,7,10-12,18H,5-6,8-9H2,1-2H3. The Morgan fingerprint density at radius 2 is 1.92 bits per heavy atom. The number of aromatic nitrogens is 1. The average Bonchev–Trinajstić information content (AvgIpc) is 3.16. The summed E-state index contributed by atoms with van der Waals surface area (Å²) >= 11 is 1.60. The fourth-order valence-electron chi connectivity index (χ4n) is 2.83. The summed E-state index contributed by atoms with van der Waals surface area (Å²) in [5.41, 5.74) is 0. The van der Waals surface area contributed by atoms with E-state index in [2.05, 4.69) is 14.6 Å². The van der Waals surface area contributed by atoms with Crippen LogP contribution in [0.3, 0.4) is 0 Å². The van der Waals surface area contributed by atoms with Crippen molar-refractivity contribution < 1.29 is 17.9 Å². The van der Waals surface area contributed by atoms with Crippen molar-refractivity contribution in [1.29, 1.82) is 0 Å². The van der Waals surface area contributed by atoms with Crippen LogP contribution in [0, 0.1) is 0 Å². The number of hydrogen-bond donors (Lipinski definition) is 1. The van der Waals surface area contributed by atoms with E-state index in [1.54, 1.807) is 23.6 Å². The maximum absolute atomic E-state index is 12.6. The van der Waals surface area contributed by atoms with E-state index in [1.807, 2.05) is 5.38 Å². The molecule has 1 N–H and O–H groups in total. The molecular formula is C16H21N3O4S2. The molecule has 1 fully saturated rings. The largest absolute Gasteiger partial charge is 0.493 e. The van der Waals surface area contributed by atoms with E-state index in [1.165, 1.54) is 26.4 Å². The highest BCUT2D eigenvalue weighted by Gasteiger charge is 2.26. The zero-order chi connectivity index (χ0) is 17.9. The molecule has 0 atom stereocenters. The summed E-state index contributed by atoms with van der Waals surface area (Å²) in [7, 11) is -0.609. The van der Waals surface area contributed by atoms with Gasteiger partial charge in [-0.05, 0) is 25.0 Å². The first-order valence-corrected chi connectivity index (χ1v) is 10.3. The normalized spacial score (nSPS) is 16.0. The van der Waals surface area contributed by atoms with Crippen LogP contribution in [0.2, 0.25) is 0 Å². The number of nitrogens with one attached hydrogen (secondary N) is 1. The average molecular weight is 383 g/mol. The fraction of sp³-hybridized carbons (Fsp3) is 0.438. The summed E-state index contributed by atoms with van der Waals surface area (Å²) in [6.07, 6.45) is 3.27. The van der Waals surface area contributed by atoms with Crippen molar-refractivity contribution in [2.75, 3.05) is 32.2 Å². The summed E-state index contributed by atoms with van der Waals surface area (Å²) in [5, 5.41) is 2.93. The second-order valence-electron chi connectivity index (χ2n) is 5.71. The number of anilines is 1. The van der Waals surface area contributed by atoms with E-state index < -0.39 is 10.0 Å². The van der Waals surface area contributed by atoms with E-state index in [0.717, 1.165) is 31.1 Å². The Labute approximate surface area is 151 Å². The van der Waals surface area contributed by atoms with E-state index in [4.69, 9.17) is 9.47 Å². The molecule has 0 radical (unpaired) electrons. The summed E-state index contributed by atoms with van der Waals surface area (Å²) in [6.45, 7) is 1.57. The molecule has 25 heavy (non-hydrogen) atoms. The highest BCUT2D eigenvalue weighted by Crippen LogP contribution is 2.30. The summed E-state index contributed by atoms with van der Waals surface area (Å²) in [4.78, 5) is 6.66. The van der Waals surface area contributed by atoms with E-state index in [-0.39, 0.29) is 10.9 Å². The highest BCUT2D eigenvalue weighted by molar-refractivity contribution is 7.89. The highest BCUT2D eigenvalue weighted by atomic mass is 32.2. The Morgan fingerprint density at radius 3 is 2.52 bits per heavy atom. The van der Waals surface area contributed by atoms with E-state index in [9.17, 15) is 8.42 Å². The molecule has 1 aromatic heterocycles. The van der Waals surface area contributed by atoms with Gasteiger partial charge in [-0.25, -0.2) is 18.1 Å². The summed E-state index contributed by atoms with van der Waals surface area (Å²) in [6, 6.07) is 4.51. The molecule has 136 valence electrons. The Hall–Kier alpha value is -1.84. The van der Waals surface area contributed by atoms with Gasteiger partial charge in [-0.1, -0.05) is 0 Å². The van der Waals surface area contributed by atoms with Gasteiger partial charge >= 0.3 is 0 Å². The lowest BCUT2D eigenvalue weighted by Crippen LogP contribution is -2.44. The van der Waals surface area contributed by atoms with Gasteiger partial charge in [0.2, 0.25) is 10.0 Å². The van der Waals surface area contributed by atoms with Crippen LogP contribution in [0.15, 0.2) is 34.7 Å². The molecule has 0 aliphatic carbocycles. The Morgan fingerprint density at radius 1 is 1.20 bits per heavy atom. The fourth-order valence-corrected chi connectivity index (χ4v) is 4.85. The van der Waals surface area contributed by atoms with E-state index in [0.29, 0.717) is 11.5 Å². The van der Waals surface area contributed by atoms with Crippen molar-refractivity contribution in [3.8, 4) is 11.5 Å². The van der Waals surface area contributed by atoms with Crippen molar-refractivity contribution >= 4 is 26.5 Å². The first-order valence-electron chi connectivity index (χ1n) is 7.92. The zero-order valence-electron chi connectivity index (χ0n) is 14.1. The van der Waals surface area contributed by atoms with Crippen LogP contribution in [0.4, 0.5) is 5.13 Å². The second-order valence-corrected chi connectivity index (χ2v) is 8.30. The van der Waals surface area contributed by atoms with Gasteiger partial charge in [0.1, 0.15) is 0 Å². The van der Waals surface area contributed by atoms with Crippen LogP contribution >= 0.6 is 11.3 Å². The maximum Gasteiger partial charge on any atom is 0.240 e. The summed E-state index contributed by atoms with van der Waals surface area (Å²) < 4.78 is 38.4. The minimum atomic E-state index is -3.61. The molecule has 3 rings (SSSR count). The molecular weight excluding hydrogens is 362 g/mol. The second kappa shape index (κ2) is 7.59. The van der Waals surface area contributed by atoms with Gasteiger partial charge in [0.05, 0.1) is 19.1 Å². The van der Waals surface area contributed by atoms with Crippen molar-refractivity contribution in [3.05, 3.63) is 29.8 Å². The van der Waals surface area contributed by atoms with Crippen LogP contribution in [-0.4, -0.2) is 46.8 Å². The number of benzene rings is 1. The first kappa shape index (κ1) is 18.0. The molecule has 0 saturated carbocycles. The number of rotatable bonds is 6. The van der Waals surface area contributed by atoms with Crippen LogP contribution in [0.25, 0.3) is 0 Å². The molecule has 0 unspecified atom stereocenters. The van der Waals surface area contributed by atoms with Gasteiger partial charge in [0, 0.05) is 36.8 Å². The Kier molecular flexibility index (Phi) is 5.45. The minimum Gasteiger partial charge on any atom is -0.493 e. The SMILES string of the molecule is COc1ccc(S(=O)(=O)NC2CCN(c3nccs3)CC2)cc1OC. The molecule has 1 saturated heterocycles. The number of thiazole rings is 1. The molecule has 7 nitrogen and oxygen atoms in total. The van der Waals surface area contributed by atoms with Gasteiger partial charge in [0.15, 0.2) is 16.6 Å². The van der Waals surface area contributed by atoms with Crippen LogP contribution in [-0.2, 0) is 10.0 Å².